The minimum absolute atomic E-state index is 0.0589. The number of esters is 1. The molecule has 1 aliphatic heterocycles. The maximum absolute atomic E-state index is 13.3. The van der Waals surface area contributed by atoms with Crippen molar-refractivity contribution in [1.82, 2.24) is 30.9 Å². The Hall–Kier alpha value is -6.11. The molecule has 0 bridgehead atoms. The third kappa shape index (κ3) is 8.26. The van der Waals surface area contributed by atoms with E-state index in [1.807, 2.05) is 48.5 Å². The summed E-state index contributed by atoms with van der Waals surface area (Å²) in [5.41, 5.74) is 8.65. The molecule has 0 radical (unpaired) electrons. The average Bonchev–Trinajstić information content (AvgIpc) is 3.80. The van der Waals surface area contributed by atoms with Crippen molar-refractivity contribution >= 4 is 34.8 Å². The van der Waals surface area contributed by atoms with Crippen LogP contribution < -0.4 is 10.9 Å². The lowest BCUT2D eigenvalue weighted by molar-refractivity contribution is -0.159. The van der Waals surface area contributed by atoms with Gasteiger partial charge in [0.25, 0.3) is 11.8 Å². The molecule has 3 amide bonds. The molecule has 4 heterocycles. The average molecular weight is 705 g/mol. The fourth-order valence-electron chi connectivity index (χ4n) is 5.83. The van der Waals surface area contributed by atoms with Crippen LogP contribution in [0.3, 0.4) is 0 Å². The SMILES string of the molecule is CC(C)(C)OC(=O)NNC(=O)c1cc(-c2ccc(-c3ccc(-c4cc(C(=O)N5CCCC5C(=O)OC(C)(C)C)on4)cc3)cc2)nc2ccncc12. The van der Waals surface area contributed by atoms with Crippen molar-refractivity contribution in [3.8, 4) is 33.6 Å². The third-order valence-electron chi connectivity index (χ3n) is 8.14. The Morgan fingerprint density at radius 1 is 0.788 bits per heavy atom. The van der Waals surface area contributed by atoms with Gasteiger partial charge in [-0.15, -0.1) is 0 Å². The van der Waals surface area contributed by atoms with E-state index in [1.165, 1.54) is 4.90 Å². The molecular weight excluding hydrogens is 664 g/mol. The zero-order valence-corrected chi connectivity index (χ0v) is 29.9. The maximum Gasteiger partial charge on any atom is 0.426 e. The molecule has 0 spiro atoms. The molecule has 1 saturated heterocycles. The number of carbonyl (C=O) groups excluding carboxylic acids is 4. The number of hydrogen-bond donors (Lipinski definition) is 2. The van der Waals surface area contributed by atoms with E-state index in [9.17, 15) is 19.2 Å². The van der Waals surface area contributed by atoms with Gasteiger partial charge in [0.2, 0.25) is 5.76 Å². The van der Waals surface area contributed by atoms with Crippen LogP contribution in [0.15, 0.2) is 83.6 Å². The topological polar surface area (TPSA) is 166 Å². The van der Waals surface area contributed by atoms with Crippen LogP contribution >= 0.6 is 0 Å². The standard InChI is InChI=1S/C39H40N6O7/c1-38(2,3)50-36(48)32-8-7-19-45(32)35(47)33-21-31(44-52-33)26-15-11-24(12-16-26)23-9-13-25(14-10-23)30-20-27(28-22-40-18-17-29(28)41-30)34(46)42-43-37(49)51-39(4,5)6/h9-18,20-22,32H,7-8,19H2,1-6H3,(H,42,46)(H,43,49). The molecule has 0 aliphatic carbocycles. The van der Waals surface area contributed by atoms with Crippen LogP contribution in [-0.4, -0.2) is 67.7 Å². The first-order valence-corrected chi connectivity index (χ1v) is 16.9. The van der Waals surface area contributed by atoms with E-state index >= 15 is 0 Å². The smallest absolute Gasteiger partial charge is 0.426 e. The van der Waals surface area contributed by atoms with E-state index < -0.39 is 41.1 Å². The molecule has 6 rings (SSSR count). The van der Waals surface area contributed by atoms with E-state index in [1.54, 1.807) is 72.1 Å². The Bertz CT molecular complexity index is 2130. The summed E-state index contributed by atoms with van der Waals surface area (Å²) in [6.45, 7) is 11.0. The second kappa shape index (κ2) is 14.3. The van der Waals surface area contributed by atoms with Crippen molar-refractivity contribution in [2.75, 3.05) is 6.54 Å². The van der Waals surface area contributed by atoms with Crippen LogP contribution in [0.5, 0.6) is 0 Å². The fraction of sp³-hybridized carbons (Fsp3) is 0.308. The number of amides is 3. The molecule has 2 N–H and O–H groups in total. The predicted octanol–water partition coefficient (Wildman–Crippen LogP) is 6.73. The number of pyridine rings is 2. The maximum atomic E-state index is 13.3. The number of likely N-dealkylation sites (tertiary alicyclic amines) is 1. The van der Waals surface area contributed by atoms with Gasteiger partial charge in [-0.25, -0.2) is 20.0 Å². The van der Waals surface area contributed by atoms with Gasteiger partial charge < -0.3 is 18.9 Å². The van der Waals surface area contributed by atoms with Crippen LogP contribution in [0.1, 0.15) is 75.3 Å². The Morgan fingerprint density at radius 3 is 2.04 bits per heavy atom. The van der Waals surface area contributed by atoms with Crippen molar-refractivity contribution in [3.05, 3.63) is 90.4 Å². The minimum atomic E-state index is -0.783. The summed E-state index contributed by atoms with van der Waals surface area (Å²) in [6.07, 6.45) is 3.60. The van der Waals surface area contributed by atoms with Gasteiger partial charge >= 0.3 is 12.1 Å². The summed E-state index contributed by atoms with van der Waals surface area (Å²) >= 11 is 0. The van der Waals surface area contributed by atoms with E-state index in [2.05, 4.69) is 21.0 Å². The largest absolute Gasteiger partial charge is 0.458 e. The zero-order chi connectivity index (χ0) is 37.2. The number of carbonyl (C=O) groups is 4. The van der Waals surface area contributed by atoms with E-state index in [-0.39, 0.29) is 11.3 Å². The van der Waals surface area contributed by atoms with Crippen molar-refractivity contribution in [3.63, 3.8) is 0 Å². The van der Waals surface area contributed by atoms with Gasteiger partial charge in [-0.2, -0.15) is 0 Å². The van der Waals surface area contributed by atoms with Gasteiger partial charge in [-0.05, 0) is 77.6 Å². The Morgan fingerprint density at radius 2 is 1.40 bits per heavy atom. The number of benzene rings is 2. The fourth-order valence-corrected chi connectivity index (χ4v) is 5.83. The highest BCUT2D eigenvalue weighted by molar-refractivity contribution is 6.07. The second-order valence-electron chi connectivity index (χ2n) is 14.5. The van der Waals surface area contributed by atoms with Crippen molar-refractivity contribution in [2.24, 2.45) is 0 Å². The molecule has 13 heteroatoms. The van der Waals surface area contributed by atoms with Crippen molar-refractivity contribution in [2.45, 2.75) is 71.6 Å². The van der Waals surface area contributed by atoms with Crippen LogP contribution in [0.4, 0.5) is 4.79 Å². The first-order valence-electron chi connectivity index (χ1n) is 16.9. The number of rotatable bonds is 6. The third-order valence-corrected chi connectivity index (χ3v) is 8.14. The van der Waals surface area contributed by atoms with Crippen LogP contribution in [0.2, 0.25) is 0 Å². The normalized spacial score (nSPS) is 14.6. The number of hydrogen-bond acceptors (Lipinski definition) is 10. The number of aromatic nitrogens is 3. The lowest BCUT2D eigenvalue weighted by Crippen LogP contribution is -2.44. The Kier molecular flexibility index (Phi) is 9.79. The molecule has 1 atom stereocenters. The van der Waals surface area contributed by atoms with Crippen molar-refractivity contribution in [1.29, 1.82) is 0 Å². The van der Waals surface area contributed by atoms with Crippen LogP contribution in [0.25, 0.3) is 44.5 Å². The van der Waals surface area contributed by atoms with E-state index in [0.29, 0.717) is 41.7 Å². The summed E-state index contributed by atoms with van der Waals surface area (Å²) < 4.78 is 16.2. The first-order chi connectivity index (χ1) is 24.6. The quantitative estimate of drug-likeness (QED) is 0.143. The monoisotopic (exact) mass is 704 g/mol. The molecule has 1 fully saturated rings. The van der Waals surface area contributed by atoms with Gasteiger partial charge in [0.15, 0.2) is 0 Å². The number of hydrazine groups is 1. The molecule has 3 aromatic heterocycles. The highest BCUT2D eigenvalue weighted by atomic mass is 16.6. The first kappa shape index (κ1) is 35.7. The number of fused-ring (bicyclic) bond motifs is 1. The number of ether oxygens (including phenoxy) is 2. The number of nitrogens with zero attached hydrogens (tertiary/aromatic N) is 4. The molecule has 13 nitrogen and oxygen atoms in total. The lowest BCUT2D eigenvalue weighted by Gasteiger charge is -2.26. The predicted molar refractivity (Wildman–Crippen MR) is 193 cm³/mol. The molecule has 5 aromatic rings. The number of nitrogens with one attached hydrogen (secondary N) is 2. The molecule has 52 heavy (non-hydrogen) atoms. The zero-order valence-electron chi connectivity index (χ0n) is 29.9. The van der Waals surface area contributed by atoms with Crippen LogP contribution in [0, 0.1) is 0 Å². The molecule has 1 aliphatic rings. The molecule has 2 aromatic carbocycles. The van der Waals surface area contributed by atoms with Gasteiger partial charge in [-0.1, -0.05) is 53.7 Å². The minimum Gasteiger partial charge on any atom is -0.458 e. The van der Waals surface area contributed by atoms with Crippen molar-refractivity contribution < 1.29 is 33.2 Å². The summed E-state index contributed by atoms with van der Waals surface area (Å²) in [5.74, 6) is -1.31. The molecule has 0 saturated carbocycles. The van der Waals surface area contributed by atoms with Gasteiger partial charge in [0, 0.05) is 41.5 Å². The summed E-state index contributed by atoms with van der Waals surface area (Å²) in [4.78, 5) is 61.7. The molecule has 268 valence electrons. The summed E-state index contributed by atoms with van der Waals surface area (Å²) in [7, 11) is 0. The van der Waals surface area contributed by atoms with E-state index in [4.69, 9.17) is 19.0 Å². The van der Waals surface area contributed by atoms with Gasteiger partial charge in [0.05, 0.1) is 16.8 Å². The Labute approximate surface area is 300 Å². The highest BCUT2D eigenvalue weighted by Gasteiger charge is 2.38. The lowest BCUT2D eigenvalue weighted by atomic mass is 9.99. The van der Waals surface area contributed by atoms with E-state index in [0.717, 1.165) is 22.3 Å². The summed E-state index contributed by atoms with van der Waals surface area (Å²) in [5, 5.41) is 4.65. The second-order valence-corrected chi connectivity index (χ2v) is 14.5. The van der Waals surface area contributed by atoms with Crippen LogP contribution in [-0.2, 0) is 14.3 Å². The Balaban J connectivity index is 1.15. The summed E-state index contributed by atoms with van der Waals surface area (Å²) in [6, 6.07) is 19.7. The highest BCUT2D eigenvalue weighted by Crippen LogP contribution is 2.30. The molecule has 1 unspecified atom stereocenters. The molecular formula is C39H40N6O7. The van der Waals surface area contributed by atoms with Gasteiger partial charge in [0.1, 0.15) is 22.9 Å². The van der Waals surface area contributed by atoms with Gasteiger partial charge in [-0.3, -0.25) is 20.0 Å².